The summed E-state index contributed by atoms with van der Waals surface area (Å²) in [5, 5.41) is 12.4. The molecule has 1 aromatic heterocycles. The number of benzene rings is 2. The zero-order chi connectivity index (χ0) is 18.7. The molecule has 26 heavy (non-hydrogen) atoms. The van der Waals surface area contributed by atoms with E-state index in [9.17, 15) is 5.26 Å². The maximum Gasteiger partial charge on any atom is 0.134 e. The predicted molar refractivity (Wildman–Crippen MR) is 111 cm³/mol. The van der Waals surface area contributed by atoms with Crippen LogP contribution in [0, 0.1) is 25.2 Å². The van der Waals surface area contributed by atoms with Gasteiger partial charge in [0.25, 0.3) is 0 Å². The predicted octanol–water partition coefficient (Wildman–Crippen LogP) is 6.61. The molecule has 1 heterocycles. The van der Waals surface area contributed by atoms with Gasteiger partial charge in [0.05, 0.1) is 11.3 Å². The van der Waals surface area contributed by atoms with E-state index in [0.29, 0.717) is 11.5 Å². The zero-order valence-electron chi connectivity index (χ0n) is 15.6. The van der Waals surface area contributed by atoms with Gasteiger partial charge in [0, 0.05) is 10.9 Å². The van der Waals surface area contributed by atoms with Gasteiger partial charge in [0.2, 0.25) is 0 Å². The fourth-order valence-electron chi connectivity index (χ4n) is 2.91. The summed E-state index contributed by atoms with van der Waals surface area (Å²) in [5.74, 6) is 0.503. The Morgan fingerprint density at radius 3 is 2.46 bits per heavy atom. The Bertz CT molecular complexity index is 986. The van der Waals surface area contributed by atoms with E-state index in [1.54, 1.807) is 0 Å². The van der Waals surface area contributed by atoms with Crippen molar-refractivity contribution in [1.82, 2.24) is 4.98 Å². The highest BCUT2D eigenvalue weighted by atomic mass is 32.1. The van der Waals surface area contributed by atoms with Crippen LogP contribution in [0.2, 0.25) is 0 Å². The fourth-order valence-corrected chi connectivity index (χ4v) is 3.69. The van der Waals surface area contributed by atoms with Gasteiger partial charge >= 0.3 is 0 Å². The van der Waals surface area contributed by atoms with Crippen molar-refractivity contribution < 1.29 is 0 Å². The molecular formula is C23H22N2S. The minimum atomic E-state index is 0.503. The van der Waals surface area contributed by atoms with Crippen LogP contribution in [0.1, 0.15) is 47.0 Å². The van der Waals surface area contributed by atoms with Gasteiger partial charge in [-0.15, -0.1) is 11.3 Å². The van der Waals surface area contributed by atoms with E-state index in [0.717, 1.165) is 21.8 Å². The summed E-state index contributed by atoms with van der Waals surface area (Å²) in [4.78, 5) is 4.71. The van der Waals surface area contributed by atoms with Gasteiger partial charge in [-0.2, -0.15) is 5.26 Å². The van der Waals surface area contributed by atoms with Crippen molar-refractivity contribution in [2.24, 2.45) is 0 Å². The van der Waals surface area contributed by atoms with Crippen LogP contribution in [-0.4, -0.2) is 4.98 Å². The number of hydrogen-bond donors (Lipinski definition) is 0. The van der Waals surface area contributed by atoms with E-state index in [2.05, 4.69) is 76.2 Å². The number of hydrogen-bond acceptors (Lipinski definition) is 3. The maximum atomic E-state index is 9.60. The standard InChI is InChI=1S/C23H22N2S/c1-15(2)19-8-6-18(7-9-19)12-20(13-24)23-25-22(14-26-23)21-10-5-16(3)11-17(21)4/h5-12,14-15H,1-4H3. The first kappa shape index (κ1) is 18.1. The van der Waals surface area contributed by atoms with Crippen molar-refractivity contribution in [3.05, 3.63) is 75.1 Å². The van der Waals surface area contributed by atoms with E-state index < -0.39 is 0 Å². The van der Waals surface area contributed by atoms with Crippen LogP contribution in [0.25, 0.3) is 22.9 Å². The second-order valence-electron chi connectivity index (χ2n) is 6.85. The first-order chi connectivity index (χ1) is 12.5. The molecule has 0 aliphatic carbocycles. The van der Waals surface area contributed by atoms with Crippen molar-refractivity contribution in [3.8, 4) is 17.3 Å². The average Bonchev–Trinajstić information content (AvgIpc) is 3.09. The number of rotatable bonds is 4. The third kappa shape index (κ3) is 3.92. The first-order valence-corrected chi connectivity index (χ1v) is 9.61. The van der Waals surface area contributed by atoms with E-state index in [1.807, 2.05) is 11.5 Å². The minimum Gasteiger partial charge on any atom is -0.235 e. The lowest BCUT2D eigenvalue weighted by Crippen LogP contribution is -1.88. The highest BCUT2D eigenvalue weighted by molar-refractivity contribution is 7.11. The van der Waals surface area contributed by atoms with Crippen LogP contribution in [0.15, 0.2) is 47.8 Å². The topological polar surface area (TPSA) is 36.7 Å². The highest BCUT2D eigenvalue weighted by Gasteiger charge is 2.11. The van der Waals surface area contributed by atoms with Gasteiger partial charge in [-0.1, -0.05) is 61.9 Å². The van der Waals surface area contributed by atoms with Gasteiger partial charge in [-0.25, -0.2) is 4.98 Å². The van der Waals surface area contributed by atoms with Gasteiger partial charge in [0.1, 0.15) is 11.1 Å². The minimum absolute atomic E-state index is 0.503. The number of allylic oxidation sites excluding steroid dienone is 1. The Morgan fingerprint density at radius 2 is 1.85 bits per heavy atom. The van der Waals surface area contributed by atoms with Crippen LogP contribution in [-0.2, 0) is 0 Å². The second-order valence-corrected chi connectivity index (χ2v) is 7.71. The van der Waals surface area contributed by atoms with Crippen molar-refractivity contribution in [2.45, 2.75) is 33.6 Å². The van der Waals surface area contributed by atoms with Crippen LogP contribution in [0.3, 0.4) is 0 Å². The molecule has 0 unspecified atom stereocenters. The molecule has 0 N–H and O–H groups in total. The molecule has 0 amide bonds. The van der Waals surface area contributed by atoms with Crippen LogP contribution in [0.4, 0.5) is 0 Å². The Kier molecular flexibility index (Phi) is 5.35. The van der Waals surface area contributed by atoms with Gasteiger partial charge in [-0.05, 0) is 42.5 Å². The molecule has 0 aliphatic heterocycles. The van der Waals surface area contributed by atoms with E-state index in [4.69, 9.17) is 4.98 Å². The molecule has 0 aliphatic rings. The number of aromatic nitrogens is 1. The van der Waals surface area contributed by atoms with E-state index in [-0.39, 0.29) is 0 Å². The summed E-state index contributed by atoms with van der Waals surface area (Å²) in [5.41, 5.74) is 7.41. The van der Waals surface area contributed by atoms with Crippen molar-refractivity contribution >= 4 is 23.0 Å². The smallest absolute Gasteiger partial charge is 0.134 e. The Balaban J connectivity index is 1.92. The van der Waals surface area contributed by atoms with Crippen LogP contribution in [0.5, 0.6) is 0 Å². The number of aryl methyl sites for hydroxylation is 2. The van der Waals surface area contributed by atoms with Crippen LogP contribution >= 0.6 is 11.3 Å². The summed E-state index contributed by atoms with van der Waals surface area (Å²) in [6.45, 7) is 8.54. The Morgan fingerprint density at radius 1 is 1.12 bits per heavy atom. The molecule has 2 aromatic carbocycles. The molecule has 3 heteroatoms. The Hall–Kier alpha value is -2.70. The van der Waals surface area contributed by atoms with E-state index >= 15 is 0 Å². The molecule has 0 radical (unpaired) electrons. The highest BCUT2D eigenvalue weighted by Crippen LogP contribution is 2.29. The van der Waals surface area contributed by atoms with Crippen molar-refractivity contribution in [1.29, 1.82) is 5.26 Å². The molecule has 0 atom stereocenters. The third-order valence-electron chi connectivity index (χ3n) is 4.43. The molecule has 0 bridgehead atoms. The molecule has 3 aromatic rings. The van der Waals surface area contributed by atoms with Crippen LogP contribution < -0.4 is 0 Å². The lowest BCUT2D eigenvalue weighted by molar-refractivity contribution is 0.866. The SMILES string of the molecule is Cc1ccc(-c2csc(C(C#N)=Cc3ccc(C(C)C)cc3)n2)c(C)c1. The molecule has 0 saturated heterocycles. The quantitative estimate of drug-likeness (QED) is 0.492. The summed E-state index contributed by atoms with van der Waals surface area (Å²) >= 11 is 1.52. The van der Waals surface area contributed by atoms with Gasteiger partial charge < -0.3 is 0 Å². The number of thiazole rings is 1. The van der Waals surface area contributed by atoms with Gasteiger partial charge in [-0.3, -0.25) is 0 Å². The lowest BCUT2D eigenvalue weighted by Gasteiger charge is -2.05. The molecule has 0 fully saturated rings. The largest absolute Gasteiger partial charge is 0.235 e. The summed E-state index contributed by atoms with van der Waals surface area (Å²) in [6, 6.07) is 17.0. The summed E-state index contributed by atoms with van der Waals surface area (Å²) in [7, 11) is 0. The zero-order valence-corrected chi connectivity index (χ0v) is 16.4. The van der Waals surface area contributed by atoms with Crippen molar-refractivity contribution in [3.63, 3.8) is 0 Å². The number of nitriles is 1. The molecule has 2 nitrogen and oxygen atoms in total. The molecule has 3 rings (SSSR count). The fraction of sp³-hybridized carbons (Fsp3) is 0.217. The molecule has 130 valence electrons. The summed E-state index contributed by atoms with van der Waals surface area (Å²) < 4.78 is 0. The second kappa shape index (κ2) is 7.68. The molecular weight excluding hydrogens is 336 g/mol. The normalized spacial score (nSPS) is 11.6. The first-order valence-electron chi connectivity index (χ1n) is 8.73. The molecule has 0 spiro atoms. The Labute approximate surface area is 159 Å². The number of nitrogens with zero attached hydrogens (tertiary/aromatic N) is 2. The van der Waals surface area contributed by atoms with Crippen molar-refractivity contribution in [2.75, 3.05) is 0 Å². The van der Waals surface area contributed by atoms with Gasteiger partial charge in [0.15, 0.2) is 0 Å². The van der Waals surface area contributed by atoms with E-state index in [1.165, 1.54) is 28.0 Å². The monoisotopic (exact) mass is 358 g/mol. The lowest BCUT2D eigenvalue weighted by atomic mass is 10.0. The molecule has 0 saturated carbocycles. The third-order valence-corrected chi connectivity index (χ3v) is 5.30. The summed E-state index contributed by atoms with van der Waals surface area (Å²) in [6.07, 6.45) is 1.91. The maximum absolute atomic E-state index is 9.60. The average molecular weight is 359 g/mol.